The summed E-state index contributed by atoms with van der Waals surface area (Å²) in [6.45, 7) is 2.53. The zero-order valence-electron chi connectivity index (χ0n) is 11.5. The van der Waals surface area contributed by atoms with E-state index in [0.29, 0.717) is 18.9 Å². The third-order valence-corrected chi connectivity index (χ3v) is 4.93. The molecule has 0 radical (unpaired) electrons. The lowest BCUT2D eigenvalue weighted by Crippen LogP contribution is -2.52. The molecule has 0 spiro atoms. The van der Waals surface area contributed by atoms with E-state index in [0.717, 1.165) is 17.7 Å². The van der Waals surface area contributed by atoms with Gasteiger partial charge in [0.2, 0.25) is 5.91 Å². The molecule has 1 aromatic rings. The van der Waals surface area contributed by atoms with Crippen LogP contribution in [0.15, 0.2) is 17.5 Å². The van der Waals surface area contributed by atoms with E-state index in [9.17, 15) is 14.7 Å². The summed E-state index contributed by atoms with van der Waals surface area (Å²) in [6, 6.07) is 2.15. The Labute approximate surface area is 122 Å². The fraction of sp³-hybridized carbons (Fsp3) is 0.571. The van der Waals surface area contributed by atoms with E-state index in [2.05, 4.69) is 6.92 Å². The van der Waals surface area contributed by atoms with E-state index in [1.807, 2.05) is 17.5 Å². The molecule has 1 fully saturated rings. The molecule has 1 saturated heterocycles. The van der Waals surface area contributed by atoms with Gasteiger partial charge in [-0.15, -0.1) is 11.3 Å². The molecule has 0 aromatic carbocycles. The fourth-order valence-corrected chi connectivity index (χ4v) is 3.39. The van der Waals surface area contributed by atoms with Gasteiger partial charge in [-0.25, -0.2) is 4.79 Å². The molecular formula is C14H20N2O3S. The molecule has 0 bridgehead atoms. The van der Waals surface area contributed by atoms with Crippen LogP contribution in [0.3, 0.4) is 0 Å². The molecule has 1 amide bonds. The van der Waals surface area contributed by atoms with Crippen LogP contribution in [0.5, 0.6) is 0 Å². The maximum atomic E-state index is 12.5. The lowest BCUT2D eigenvalue weighted by molar-refractivity contribution is -0.153. The molecule has 110 valence electrons. The summed E-state index contributed by atoms with van der Waals surface area (Å²) < 4.78 is 0. The molecule has 3 atom stereocenters. The monoisotopic (exact) mass is 296 g/mol. The Morgan fingerprint density at radius 3 is 2.90 bits per heavy atom. The first-order chi connectivity index (χ1) is 9.54. The third-order valence-electron chi connectivity index (χ3n) is 3.97. The number of amides is 1. The maximum absolute atomic E-state index is 12.5. The van der Waals surface area contributed by atoms with Gasteiger partial charge in [0, 0.05) is 11.4 Å². The van der Waals surface area contributed by atoms with Gasteiger partial charge in [-0.05, 0) is 30.2 Å². The van der Waals surface area contributed by atoms with Crippen LogP contribution in [-0.2, 0) is 9.59 Å². The summed E-state index contributed by atoms with van der Waals surface area (Å²) in [5.74, 6) is -0.845. The lowest BCUT2D eigenvalue weighted by Gasteiger charge is -2.38. The van der Waals surface area contributed by atoms with Crippen molar-refractivity contribution in [1.29, 1.82) is 0 Å². The van der Waals surface area contributed by atoms with Crippen molar-refractivity contribution in [3.63, 3.8) is 0 Å². The number of rotatable bonds is 4. The number of carbonyl (C=O) groups excluding carboxylic acids is 1. The molecule has 3 N–H and O–H groups in total. The largest absolute Gasteiger partial charge is 0.480 e. The van der Waals surface area contributed by atoms with Gasteiger partial charge in [0.05, 0.1) is 0 Å². The lowest BCUT2D eigenvalue weighted by atomic mass is 9.88. The van der Waals surface area contributed by atoms with Gasteiger partial charge in [0.1, 0.15) is 12.1 Å². The van der Waals surface area contributed by atoms with Gasteiger partial charge in [-0.2, -0.15) is 0 Å². The number of piperidine rings is 1. The van der Waals surface area contributed by atoms with E-state index in [-0.39, 0.29) is 5.91 Å². The second-order valence-electron chi connectivity index (χ2n) is 5.18. The molecule has 2 heterocycles. The average Bonchev–Trinajstić information content (AvgIpc) is 2.99. The highest BCUT2D eigenvalue weighted by molar-refractivity contribution is 7.10. The Morgan fingerprint density at radius 2 is 2.35 bits per heavy atom. The Balaban J connectivity index is 2.13. The average molecular weight is 296 g/mol. The van der Waals surface area contributed by atoms with Crippen molar-refractivity contribution < 1.29 is 14.7 Å². The van der Waals surface area contributed by atoms with Crippen molar-refractivity contribution >= 4 is 23.2 Å². The number of carboxylic acids is 1. The summed E-state index contributed by atoms with van der Waals surface area (Å²) in [5.41, 5.74) is 5.97. The summed E-state index contributed by atoms with van der Waals surface area (Å²) in [4.78, 5) is 26.1. The number of carboxylic acid groups (broad SMARTS) is 1. The highest BCUT2D eigenvalue weighted by Crippen LogP contribution is 2.28. The number of hydrogen-bond acceptors (Lipinski definition) is 4. The number of nitrogens with two attached hydrogens (primary N) is 1. The van der Waals surface area contributed by atoms with Crippen LogP contribution in [0.1, 0.15) is 37.1 Å². The molecule has 0 saturated carbocycles. The van der Waals surface area contributed by atoms with Gasteiger partial charge < -0.3 is 15.7 Å². The zero-order valence-corrected chi connectivity index (χ0v) is 12.3. The van der Waals surface area contributed by atoms with E-state index < -0.39 is 18.1 Å². The molecule has 1 aliphatic rings. The fourth-order valence-electron chi connectivity index (χ4n) is 2.68. The predicted molar refractivity (Wildman–Crippen MR) is 77.4 cm³/mol. The van der Waals surface area contributed by atoms with E-state index in [1.165, 1.54) is 16.2 Å². The normalized spacial score (nSPS) is 24.4. The smallest absolute Gasteiger partial charge is 0.326 e. The van der Waals surface area contributed by atoms with Crippen LogP contribution in [0.2, 0.25) is 0 Å². The van der Waals surface area contributed by atoms with Crippen molar-refractivity contribution in [2.45, 2.75) is 38.3 Å². The minimum absolute atomic E-state index is 0.283. The van der Waals surface area contributed by atoms with Crippen LogP contribution in [-0.4, -0.2) is 34.5 Å². The van der Waals surface area contributed by atoms with Gasteiger partial charge in [0.25, 0.3) is 0 Å². The van der Waals surface area contributed by atoms with Crippen molar-refractivity contribution in [3.8, 4) is 0 Å². The maximum Gasteiger partial charge on any atom is 0.326 e. The number of nitrogens with zero attached hydrogens (tertiary/aromatic N) is 1. The Kier molecular flexibility index (Phi) is 4.77. The molecule has 6 heteroatoms. The van der Waals surface area contributed by atoms with Gasteiger partial charge in [-0.3, -0.25) is 4.79 Å². The molecule has 5 nitrogen and oxygen atoms in total. The topological polar surface area (TPSA) is 83.6 Å². The minimum Gasteiger partial charge on any atom is -0.480 e. The van der Waals surface area contributed by atoms with Crippen LogP contribution in [0, 0.1) is 5.92 Å². The number of carbonyl (C=O) groups is 2. The van der Waals surface area contributed by atoms with Crippen LogP contribution in [0.4, 0.5) is 0 Å². The van der Waals surface area contributed by atoms with E-state index >= 15 is 0 Å². The number of likely N-dealkylation sites (tertiary alicyclic amines) is 1. The predicted octanol–water partition coefficient (Wildman–Crippen LogP) is 1.85. The van der Waals surface area contributed by atoms with Crippen LogP contribution in [0.25, 0.3) is 0 Å². The second kappa shape index (κ2) is 6.37. The molecular weight excluding hydrogens is 276 g/mol. The van der Waals surface area contributed by atoms with Crippen LogP contribution < -0.4 is 5.73 Å². The Hall–Kier alpha value is -1.40. The summed E-state index contributed by atoms with van der Waals surface area (Å²) >= 11 is 1.42. The number of aliphatic carboxylic acids is 1. The first-order valence-electron chi connectivity index (χ1n) is 6.86. The van der Waals surface area contributed by atoms with Crippen molar-refractivity contribution in [1.82, 2.24) is 4.90 Å². The van der Waals surface area contributed by atoms with Gasteiger partial charge >= 0.3 is 5.97 Å². The highest BCUT2D eigenvalue weighted by Gasteiger charge is 2.37. The molecule has 2 rings (SSSR count). The summed E-state index contributed by atoms with van der Waals surface area (Å²) in [6.07, 6.45) is 2.32. The third kappa shape index (κ3) is 3.02. The van der Waals surface area contributed by atoms with Gasteiger partial charge in [0.15, 0.2) is 0 Å². The van der Waals surface area contributed by atoms with Crippen molar-refractivity contribution in [2.24, 2.45) is 11.7 Å². The highest BCUT2D eigenvalue weighted by atomic mass is 32.1. The minimum atomic E-state index is -0.935. The van der Waals surface area contributed by atoms with E-state index in [4.69, 9.17) is 5.73 Å². The zero-order chi connectivity index (χ0) is 14.7. The SMILES string of the molecule is CCC1CCN(C(=O)C(N)c2cccs2)C(C(=O)O)C1. The van der Waals surface area contributed by atoms with Gasteiger partial charge in [-0.1, -0.05) is 19.4 Å². The summed E-state index contributed by atoms with van der Waals surface area (Å²) in [7, 11) is 0. The van der Waals surface area contributed by atoms with Crippen molar-refractivity contribution in [2.75, 3.05) is 6.54 Å². The van der Waals surface area contributed by atoms with Crippen molar-refractivity contribution in [3.05, 3.63) is 22.4 Å². The standard InChI is InChI=1S/C14H20N2O3S/c1-2-9-5-6-16(10(8-9)14(18)19)13(17)12(15)11-4-3-7-20-11/h3-4,7,9-10,12H,2,5-6,8,15H2,1H3,(H,18,19). The molecule has 1 aromatic heterocycles. The first-order valence-corrected chi connectivity index (χ1v) is 7.74. The Morgan fingerprint density at radius 1 is 1.60 bits per heavy atom. The molecule has 3 unspecified atom stereocenters. The molecule has 0 aliphatic carbocycles. The van der Waals surface area contributed by atoms with E-state index in [1.54, 1.807) is 0 Å². The number of hydrogen-bond donors (Lipinski definition) is 2. The quantitative estimate of drug-likeness (QED) is 0.888. The summed E-state index contributed by atoms with van der Waals surface area (Å²) in [5, 5.41) is 11.2. The van der Waals surface area contributed by atoms with Crippen LogP contribution >= 0.6 is 11.3 Å². The number of thiophene rings is 1. The first kappa shape index (κ1) is 15.0. The second-order valence-corrected chi connectivity index (χ2v) is 6.16. The Bertz CT molecular complexity index is 475. The molecule has 20 heavy (non-hydrogen) atoms. The molecule has 1 aliphatic heterocycles.